The number of rotatable bonds is 2. The minimum absolute atomic E-state index is 0.0793. The maximum absolute atomic E-state index is 13.6. The molecular formula is C12H8BrFN4O. The lowest BCUT2D eigenvalue weighted by Crippen LogP contribution is -1.96. The first-order valence-corrected chi connectivity index (χ1v) is 6.24. The highest BCUT2D eigenvalue weighted by atomic mass is 79.9. The fraction of sp³-hybridized carbons (Fsp3) is 0.0833. The number of fused-ring (bicyclic) bond motifs is 1. The van der Waals surface area contributed by atoms with Crippen molar-refractivity contribution in [2.24, 2.45) is 0 Å². The predicted molar refractivity (Wildman–Crippen MR) is 69.7 cm³/mol. The van der Waals surface area contributed by atoms with Crippen LogP contribution in [0.5, 0.6) is 11.6 Å². The van der Waals surface area contributed by atoms with Crippen LogP contribution in [0, 0.1) is 12.7 Å². The third kappa shape index (κ3) is 2.17. The normalized spacial score (nSPS) is 10.9. The van der Waals surface area contributed by atoms with Crippen LogP contribution in [0.15, 0.2) is 35.1 Å². The number of aromatic nitrogens is 4. The minimum atomic E-state index is -0.469. The van der Waals surface area contributed by atoms with E-state index in [4.69, 9.17) is 4.74 Å². The van der Waals surface area contributed by atoms with Gasteiger partial charge in [0.15, 0.2) is 11.6 Å². The van der Waals surface area contributed by atoms with E-state index in [0.29, 0.717) is 15.9 Å². The predicted octanol–water partition coefficient (Wildman–Crippen LogP) is 3.13. The molecule has 3 aromatic rings. The van der Waals surface area contributed by atoms with Gasteiger partial charge in [-0.2, -0.15) is 0 Å². The molecule has 0 atom stereocenters. The molecule has 96 valence electrons. The van der Waals surface area contributed by atoms with Gasteiger partial charge in [0.2, 0.25) is 5.65 Å². The van der Waals surface area contributed by atoms with E-state index >= 15 is 0 Å². The van der Waals surface area contributed by atoms with E-state index in [1.807, 2.05) is 6.92 Å². The standard InChI is InChI=1S/C12H8BrFN4O/c1-7-16-17-11-12(15-4-5-18(7)11)19-10-6-8(13)2-3-9(10)14/h2-6H,1H3. The molecule has 0 N–H and O–H groups in total. The maximum atomic E-state index is 13.6. The highest BCUT2D eigenvalue weighted by Crippen LogP contribution is 2.28. The minimum Gasteiger partial charge on any atom is -0.433 e. The Labute approximate surface area is 116 Å². The van der Waals surface area contributed by atoms with Gasteiger partial charge in [0.1, 0.15) is 5.82 Å². The average molecular weight is 323 g/mol. The van der Waals surface area contributed by atoms with Crippen LogP contribution >= 0.6 is 15.9 Å². The van der Waals surface area contributed by atoms with Crippen LogP contribution in [0.25, 0.3) is 5.65 Å². The van der Waals surface area contributed by atoms with Crippen molar-refractivity contribution in [2.75, 3.05) is 0 Å². The third-order valence-corrected chi connectivity index (χ3v) is 3.06. The van der Waals surface area contributed by atoms with Crippen molar-refractivity contribution in [1.29, 1.82) is 0 Å². The summed E-state index contributed by atoms with van der Waals surface area (Å²) in [5.74, 6) is 0.524. The lowest BCUT2D eigenvalue weighted by Gasteiger charge is -2.06. The quantitative estimate of drug-likeness (QED) is 0.727. The lowest BCUT2D eigenvalue weighted by atomic mass is 10.3. The van der Waals surface area contributed by atoms with Crippen LogP contribution in [0.4, 0.5) is 4.39 Å². The largest absolute Gasteiger partial charge is 0.433 e. The number of nitrogens with zero attached hydrogens (tertiary/aromatic N) is 4. The number of hydrogen-bond acceptors (Lipinski definition) is 4. The Kier molecular flexibility index (Phi) is 2.90. The third-order valence-electron chi connectivity index (χ3n) is 2.56. The molecular weight excluding hydrogens is 315 g/mol. The second-order valence-electron chi connectivity index (χ2n) is 3.85. The van der Waals surface area contributed by atoms with Crippen molar-refractivity contribution in [3.05, 3.63) is 46.7 Å². The molecule has 0 radical (unpaired) electrons. The van der Waals surface area contributed by atoms with Gasteiger partial charge < -0.3 is 4.74 Å². The van der Waals surface area contributed by atoms with Crippen molar-refractivity contribution in [2.45, 2.75) is 6.92 Å². The zero-order valence-corrected chi connectivity index (χ0v) is 11.4. The highest BCUT2D eigenvalue weighted by Gasteiger charge is 2.12. The molecule has 0 amide bonds. The second kappa shape index (κ2) is 4.58. The molecule has 0 bridgehead atoms. The van der Waals surface area contributed by atoms with Gasteiger partial charge in [-0.1, -0.05) is 15.9 Å². The summed E-state index contributed by atoms with van der Waals surface area (Å²) < 4.78 is 21.6. The summed E-state index contributed by atoms with van der Waals surface area (Å²) in [5, 5.41) is 7.89. The van der Waals surface area contributed by atoms with E-state index in [2.05, 4.69) is 31.1 Å². The van der Waals surface area contributed by atoms with Crippen molar-refractivity contribution in [1.82, 2.24) is 19.6 Å². The Morgan fingerprint density at radius 3 is 3.00 bits per heavy atom. The van der Waals surface area contributed by atoms with Crippen molar-refractivity contribution >= 4 is 21.6 Å². The first-order chi connectivity index (χ1) is 9.15. The molecule has 0 aliphatic carbocycles. The smallest absolute Gasteiger partial charge is 0.265 e. The van der Waals surface area contributed by atoms with Gasteiger partial charge in [-0.15, -0.1) is 10.2 Å². The van der Waals surface area contributed by atoms with Crippen molar-refractivity contribution in [3.8, 4) is 11.6 Å². The Hall–Kier alpha value is -2.02. The summed E-state index contributed by atoms with van der Waals surface area (Å²) in [7, 11) is 0. The monoisotopic (exact) mass is 322 g/mol. The highest BCUT2D eigenvalue weighted by molar-refractivity contribution is 9.10. The first kappa shape index (κ1) is 12.0. The van der Waals surface area contributed by atoms with Gasteiger partial charge in [-0.25, -0.2) is 9.37 Å². The summed E-state index contributed by atoms with van der Waals surface area (Å²) in [4.78, 5) is 4.06. The number of ether oxygens (including phenoxy) is 1. The topological polar surface area (TPSA) is 52.3 Å². The first-order valence-electron chi connectivity index (χ1n) is 5.44. The number of aryl methyl sites for hydroxylation is 1. The van der Waals surface area contributed by atoms with Crippen LogP contribution in [0.2, 0.25) is 0 Å². The van der Waals surface area contributed by atoms with Gasteiger partial charge in [-0.3, -0.25) is 4.40 Å². The molecule has 2 heterocycles. The molecule has 19 heavy (non-hydrogen) atoms. The SMILES string of the molecule is Cc1nnc2c(Oc3cc(Br)ccc3F)nccn12. The molecule has 0 spiro atoms. The molecule has 0 fully saturated rings. The molecule has 0 saturated heterocycles. The van der Waals surface area contributed by atoms with E-state index in [-0.39, 0.29) is 11.6 Å². The van der Waals surface area contributed by atoms with E-state index in [9.17, 15) is 4.39 Å². The van der Waals surface area contributed by atoms with Crippen LogP contribution in [0.3, 0.4) is 0 Å². The Balaban J connectivity index is 2.08. The fourth-order valence-electron chi connectivity index (χ4n) is 1.65. The van der Waals surface area contributed by atoms with Crippen molar-refractivity contribution in [3.63, 3.8) is 0 Å². The van der Waals surface area contributed by atoms with Crippen LogP contribution in [0.1, 0.15) is 5.82 Å². The Morgan fingerprint density at radius 1 is 1.32 bits per heavy atom. The van der Waals surface area contributed by atoms with E-state index < -0.39 is 5.82 Å². The number of hydrogen-bond donors (Lipinski definition) is 0. The molecule has 1 aromatic carbocycles. The van der Waals surface area contributed by atoms with Gasteiger partial charge in [-0.05, 0) is 25.1 Å². The zero-order chi connectivity index (χ0) is 13.4. The summed E-state index contributed by atoms with van der Waals surface area (Å²) in [6, 6.07) is 4.44. The molecule has 3 rings (SSSR count). The molecule has 0 saturated carbocycles. The number of halogens is 2. The summed E-state index contributed by atoms with van der Waals surface area (Å²) in [6.45, 7) is 1.81. The van der Waals surface area contributed by atoms with E-state index in [1.54, 1.807) is 22.9 Å². The summed E-state index contributed by atoms with van der Waals surface area (Å²) >= 11 is 3.26. The molecule has 0 unspecified atom stereocenters. The van der Waals surface area contributed by atoms with E-state index in [1.165, 1.54) is 12.1 Å². The van der Waals surface area contributed by atoms with Crippen LogP contribution < -0.4 is 4.74 Å². The maximum Gasteiger partial charge on any atom is 0.265 e. The molecule has 0 aliphatic heterocycles. The molecule has 0 aliphatic rings. The molecule has 2 aromatic heterocycles. The van der Waals surface area contributed by atoms with Crippen LogP contribution in [-0.2, 0) is 0 Å². The average Bonchev–Trinajstić information content (AvgIpc) is 2.77. The van der Waals surface area contributed by atoms with Gasteiger partial charge in [0, 0.05) is 16.9 Å². The van der Waals surface area contributed by atoms with Crippen molar-refractivity contribution < 1.29 is 9.13 Å². The summed E-state index contributed by atoms with van der Waals surface area (Å²) in [6.07, 6.45) is 3.27. The lowest BCUT2D eigenvalue weighted by molar-refractivity contribution is 0.428. The van der Waals surface area contributed by atoms with Gasteiger partial charge in [0.25, 0.3) is 5.88 Å². The Morgan fingerprint density at radius 2 is 2.16 bits per heavy atom. The van der Waals surface area contributed by atoms with Gasteiger partial charge >= 0.3 is 0 Å². The number of benzene rings is 1. The van der Waals surface area contributed by atoms with Gasteiger partial charge in [0.05, 0.1) is 0 Å². The Bertz CT molecular complexity index is 759. The second-order valence-corrected chi connectivity index (χ2v) is 4.77. The zero-order valence-electron chi connectivity index (χ0n) is 9.84. The molecule has 7 heteroatoms. The molecule has 5 nitrogen and oxygen atoms in total. The van der Waals surface area contributed by atoms with Crippen LogP contribution in [-0.4, -0.2) is 19.6 Å². The summed E-state index contributed by atoms with van der Waals surface area (Å²) in [5.41, 5.74) is 0.444. The van der Waals surface area contributed by atoms with E-state index in [0.717, 1.165) is 0 Å². The fourth-order valence-corrected chi connectivity index (χ4v) is 1.99.